The van der Waals surface area contributed by atoms with Gasteiger partial charge in [0.1, 0.15) is 0 Å². The third-order valence-corrected chi connectivity index (χ3v) is 6.80. The van der Waals surface area contributed by atoms with Crippen molar-refractivity contribution < 1.29 is 9.42 Å². The largest absolute Gasteiger partial charge is 0.793 e. The molecule has 0 amide bonds. The fraction of sp³-hybridized carbons (Fsp3) is 1.00. The van der Waals surface area contributed by atoms with E-state index in [0.717, 1.165) is 12.8 Å². The molecule has 0 aliphatic heterocycles. The van der Waals surface area contributed by atoms with Crippen LogP contribution in [0.25, 0.3) is 0 Å². The van der Waals surface area contributed by atoms with Gasteiger partial charge >= 0.3 is 0 Å². The van der Waals surface area contributed by atoms with Gasteiger partial charge in [-0.3, -0.25) is 0 Å². The molecule has 0 spiro atoms. The van der Waals surface area contributed by atoms with Gasteiger partial charge in [-0.2, -0.15) is 0 Å². The summed E-state index contributed by atoms with van der Waals surface area (Å²) in [5.74, 6) is 1.14. The van der Waals surface area contributed by atoms with Crippen LogP contribution in [0.15, 0.2) is 0 Å². The molecule has 0 saturated heterocycles. The Balaban J connectivity index is 4.14. The molecule has 0 fully saturated rings. The maximum absolute atomic E-state index is 12.2. The second-order valence-corrected chi connectivity index (χ2v) is 11.9. The molecule has 0 aromatic carbocycles. The van der Waals surface area contributed by atoms with E-state index in [-0.39, 0.29) is 6.10 Å². The average molecular weight is 297 g/mol. The first-order valence-electron chi connectivity index (χ1n) is 6.30. The van der Waals surface area contributed by atoms with E-state index in [2.05, 4.69) is 34.6 Å². The summed E-state index contributed by atoms with van der Waals surface area (Å²) in [4.78, 5) is 12.2. The molecule has 0 aromatic rings. The van der Waals surface area contributed by atoms with Crippen LogP contribution in [0, 0.1) is 11.8 Å². The summed E-state index contributed by atoms with van der Waals surface area (Å²) in [6, 6.07) is 0. The first-order chi connectivity index (χ1) is 7.62. The van der Waals surface area contributed by atoms with E-state index < -0.39 is 5.69 Å². The van der Waals surface area contributed by atoms with E-state index in [0.29, 0.717) is 17.1 Å². The van der Waals surface area contributed by atoms with Crippen LogP contribution in [-0.4, -0.2) is 11.4 Å². The molecule has 104 valence electrons. The van der Waals surface area contributed by atoms with Crippen LogP contribution < -0.4 is 4.89 Å². The van der Waals surface area contributed by atoms with Gasteiger partial charge in [0.15, 0.2) is 0 Å². The van der Waals surface area contributed by atoms with Crippen LogP contribution in [0.4, 0.5) is 0 Å². The minimum Gasteiger partial charge on any atom is -0.793 e. The van der Waals surface area contributed by atoms with Crippen molar-refractivity contribution in [1.82, 2.24) is 0 Å². The molecule has 3 atom stereocenters. The first-order valence-corrected chi connectivity index (χ1v) is 10.4. The first kappa shape index (κ1) is 17.9. The van der Waals surface area contributed by atoms with Gasteiger partial charge in [-0.25, -0.2) is 0 Å². The highest BCUT2D eigenvalue weighted by molar-refractivity contribution is 8.67. The van der Waals surface area contributed by atoms with E-state index in [1.54, 1.807) is 0 Å². The van der Waals surface area contributed by atoms with Gasteiger partial charge < -0.3 is 9.42 Å². The van der Waals surface area contributed by atoms with Crippen molar-refractivity contribution >= 4 is 28.9 Å². The molecular weight excluding hydrogens is 271 g/mol. The fourth-order valence-electron chi connectivity index (χ4n) is 1.88. The zero-order chi connectivity index (χ0) is 13.6. The second kappa shape index (κ2) is 8.16. The van der Waals surface area contributed by atoms with Crippen LogP contribution in [0.1, 0.15) is 54.4 Å². The van der Waals surface area contributed by atoms with Gasteiger partial charge in [-0.15, -0.1) is 11.4 Å². The SMILES string of the molecule is CC(C)CC(C)OP([O-])(=S)SC(C)CC(C)C. The van der Waals surface area contributed by atoms with Crippen molar-refractivity contribution in [1.29, 1.82) is 0 Å². The summed E-state index contributed by atoms with van der Waals surface area (Å²) < 4.78 is 5.53. The van der Waals surface area contributed by atoms with Crippen LogP contribution in [0.5, 0.6) is 0 Å². The highest BCUT2D eigenvalue weighted by atomic mass is 32.9. The third-order valence-electron chi connectivity index (χ3n) is 2.22. The van der Waals surface area contributed by atoms with Crippen molar-refractivity contribution in [2.24, 2.45) is 11.8 Å². The third kappa shape index (κ3) is 10.5. The lowest BCUT2D eigenvalue weighted by Gasteiger charge is -2.33. The van der Waals surface area contributed by atoms with E-state index in [9.17, 15) is 4.89 Å². The number of hydrogen-bond donors (Lipinski definition) is 0. The second-order valence-electron chi connectivity index (χ2n) is 5.54. The van der Waals surface area contributed by atoms with Crippen LogP contribution >= 0.6 is 17.1 Å². The lowest BCUT2D eigenvalue weighted by molar-refractivity contribution is -0.178. The van der Waals surface area contributed by atoms with Crippen LogP contribution in [-0.2, 0) is 16.3 Å². The van der Waals surface area contributed by atoms with Crippen molar-refractivity contribution in [2.45, 2.75) is 65.7 Å². The Kier molecular flexibility index (Phi) is 8.60. The van der Waals surface area contributed by atoms with Gasteiger partial charge in [0.2, 0.25) is 0 Å². The van der Waals surface area contributed by atoms with Crippen molar-refractivity contribution in [3.05, 3.63) is 0 Å². The zero-order valence-electron chi connectivity index (χ0n) is 11.8. The molecule has 17 heavy (non-hydrogen) atoms. The summed E-state index contributed by atoms with van der Waals surface area (Å²) in [6.07, 6.45) is 1.91. The molecule has 0 radical (unpaired) electrons. The van der Waals surface area contributed by atoms with E-state index >= 15 is 0 Å². The summed E-state index contributed by atoms with van der Waals surface area (Å²) in [5.41, 5.74) is -2.92. The Labute approximate surface area is 116 Å². The molecule has 0 aromatic heterocycles. The van der Waals surface area contributed by atoms with Crippen molar-refractivity contribution in [3.8, 4) is 0 Å². The zero-order valence-corrected chi connectivity index (χ0v) is 14.3. The molecule has 0 heterocycles. The Morgan fingerprint density at radius 1 is 1.06 bits per heavy atom. The van der Waals surface area contributed by atoms with Crippen molar-refractivity contribution in [3.63, 3.8) is 0 Å². The Hall–Kier alpha value is 0.920. The molecular formula is C12H26O2PS2-. The predicted molar refractivity (Wildman–Crippen MR) is 80.8 cm³/mol. The highest BCUT2D eigenvalue weighted by Gasteiger charge is 2.16. The molecule has 3 unspecified atom stereocenters. The van der Waals surface area contributed by atoms with Crippen molar-refractivity contribution in [2.75, 3.05) is 0 Å². The minimum absolute atomic E-state index is 0.0166. The highest BCUT2D eigenvalue weighted by Crippen LogP contribution is 2.56. The molecule has 0 rings (SSSR count). The normalized spacial score (nSPS) is 19.4. The molecule has 0 aliphatic carbocycles. The van der Waals surface area contributed by atoms with E-state index in [4.69, 9.17) is 16.3 Å². The standard InChI is InChI=1S/C12H27O2PS2/c1-9(2)7-11(5)14-15(13,16)17-12(6)8-10(3)4/h9-12H,7-8H2,1-6H3,(H,13,16)/p-1. The van der Waals surface area contributed by atoms with Gasteiger partial charge in [0, 0.05) is 10.9 Å². The molecule has 0 saturated carbocycles. The van der Waals surface area contributed by atoms with E-state index in [1.807, 2.05) is 6.92 Å². The van der Waals surface area contributed by atoms with Crippen LogP contribution in [0.2, 0.25) is 0 Å². The predicted octanol–water partition coefficient (Wildman–Crippen LogP) is 4.19. The monoisotopic (exact) mass is 297 g/mol. The minimum atomic E-state index is -2.92. The Morgan fingerprint density at radius 3 is 1.94 bits per heavy atom. The van der Waals surface area contributed by atoms with E-state index in [1.165, 1.54) is 11.4 Å². The van der Waals surface area contributed by atoms with Crippen LogP contribution in [0.3, 0.4) is 0 Å². The molecule has 2 nitrogen and oxygen atoms in total. The average Bonchev–Trinajstić information content (AvgIpc) is 1.95. The van der Waals surface area contributed by atoms with Gasteiger partial charge in [0.05, 0.1) is 6.10 Å². The molecule has 0 aliphatic rings. The topological polar surface area (TPSA) is 32.3 Å². The van der Waals surface area contributed by atoms with Gasteiger partial charge in [-0.1, -0.05) is 46.4 Å². The number of hydrogen-bond acceptors (Lipinski definition) is 4. The smallest absolute Gasteiger partial charge is 0.0596 e. The maximum Gasteiger partial charge on any atom is 0.0596 e. The summed E-state index contributed by atoms with van der Waals surface area (Å²) in [5, 5.41) is 0.296. The lowest BCUT2D eigenvalue weighted by Crippen LogP contribution is -2.15. The quantitative estimate of drug-likeness (QED) is 0.629. The molecule has 0 bridgehead atoms. The summed E-state index contributed by atoms with van der Waals surface area (Å²) >= 11 is 6.43. The van der Waals surface area contributed by atoms with Gasteiger partial charge in [-0.05, 0) is 31.6 Å². The Bertz CT molecular complexity index is 235. The summed E-state index contributed by atoms with van der Waals surface area (Å²) in [7, 11) is 0. The fourth-order valence-corrected chi connectivity index (χ4v) is 7.30. The lowest BCUT2D eigenvalue weighted by atomic mass is 10.1. The van der Waals surface area contributed by atoms with Gasteiger partial charge in [0.25, 0.3) is 0 Å². The maximum atomic E-state index is 12.2. The summed E-state index contributed by atoms with van der Waals surface area (Å²) in [6.45, 7) is 12.6. The Morgan fingerprint density at radius 2 is 1.53 bits per heavy atom. The molecule has 0 N–H and O–H groups in total. The molecule has 5 heteroatoms. The number of rotatable bonds is 8.